The molecule has 0 unspecified atom stereocenters. The van der Waals surface area contributed by atoms with E-state index in [1.54, 1.807) is 0 Å². The van der Waals surface area contributed by atoms with Crippen molar-refractivity contribution in [3.05, 3.63) is 58.1 Å². The third kappa shape index (κ3) is 3.95. The van der Waals surface area contributed by atoms with Gasteiger partial charge >= 0.3 is 12.1 Å². The van der Waals surface area contributed by atoms with Crippen LogP contribution in [0.2, 0.25) is 5.02 Å². The SMILES string of the molecule is COC(=O)c1c(N(Cc2ccccc2C(F)(F)F)C(C)=O)sc2c(Cl)c(O)ccc12. The van der Waals surface area contributed by atoms with E-state index in [-0.39, 0.29) is 26.9 Å². The van der Waals surface area contributed by atoms with E-state index in [9.17, 15) is 27.9 Å². The zero-order valence-corrected chi connectivity index (χ0v) is 17.3. The van der Waals surface area contributed by atoms with Gasteiger partial charge in [-0.1, -0.05) is 29.8 Å². The van der Waals surface area contributed by atoms with Crippen LogP contribution in [0.15, 0.2) is 36.4 Å². The lowest BCUT2D eigenvalue weighted by atomic mass is 10.1. The number of ether oxygens (including phenoxy) is 1. The largest absolute Gasteiger partial charge is 0.506 e. The van der Waals surface area contributed by atoms with E-state index < -0.39 is 30.2 Å². The highest BCUT2D eigenvalue weighted by Crippen LogP contribution is 2.45. The number of phenolic OH excluding ortho intramolecular Hbond substituents is 1. The molecule has 158 valence electrons. The van der Waals surface area contributed by atoms with Crippen LogP contribution in [0.1, 0.15) is 28.4 Å². The van der Waals surface area contributed by atoms with E-state index in [1.165, 1.54) is 37.3 Å². The van der Waals surface area contributed by atoms with E-state index in [0.29, 0.717) is 10.1 Å². The first kappa shape index (κ1) is 21.9. The summed E-state index contributed by atoms with van der Waals surface area (Å²) in [6.45, 7) is 0.756. The molecule has 0 aliphatic heterocycles. The maximum atomic E-state index is 13.4. The summed E-state index contributed by atoms with van der Waals surface area (Å²) in [5.74, 6) is -1.59. The summed E-state index contributed by atoms with van der Waals surface area (Å²) in [5.41, 5.74) is -1.03. The van der Waals surface area contributed by atoms with Crippen LogP contribution in [-0.2, 0) is 22.3 Å². The van der Waals surface area contributed by atoms with Gasteiger partial charge in [0.15, 0.2) is 0 Å². The molecule has 10 heteroatoms. The van der Waals surface area contributed by atoms with E-state index in [1.807, 2.05) is 0 Å². The number of fused-ring (bicyclic) bond motifs is 1. The molecule has 0 saturated heterocycles. The number of carbonyl (C=O) groups excluding carboxylic acids is 2. The predicted octanol–water partition coefficient (Wildman–Crippen LogP) is 5.62. The number of alkyl halides is 3. The highest BCUT2D eigenvalue weighted by atomic mass is 35.5. The first-order valence-corrected chi connectivity index (χ1v) is 9.71. The highest BCUT2D eigenvalue weighted by molar-refractivity contribution is 7.24. The second kappa shape index (κ2) is 8.16. The average molecular weight is 458 g/mol. The normalized spacial score (nSPS) is 11.5. The second-order valence-corrected chi connectivity index (χ2v) is 7.69. The topological polar surface area (TPSA) is 66.8 Å². The number of rotatable bonds is 4. The summed E-state index contributed by atoms with van der Waals surface area (Å²) in [7, 11) is 1.15. The van der Waals surface area contributed by atoms with Gasteiger partial charge in [-0.25, -0.2) is 4.79 Å². The second-order valence-electron chi connectivity index (χ2n) is 6.31. The fraction of sp³-hybridized carbons (Fsp3) is 0.200. The van der Waals surface area contributed by atoms with Crippen LogP contribution < -0.4 is 4.90 Å². The molecule has 5 nitrogen and oxygen atoms in total. The van der Waals surface area contributed by atoms with Gasteiger partial charge < -0.3 is 9.84 Å². The monoisotopic (exact) mass is 457 g/mol. The van der Waals surface area contributed by atoms with E-state index in [0.717, 1.165) is 29.4 Å². The Labute approximate surface area is 178 Å². The van der Waals surface area contributed by atoms with Crippen LogP contribution in [-0.4, -0.2) is 24.1 Å². The van der Waals surface area contributed by atoms with Gasteiger partial charge in [-0.3, -0.25) is 9.69 Å². The minimum absolute atomic E-state index is 0.0147. The number of aromatic hydroxyl groups is 1. The zero-order chi connectivity index (χ0) is 22.2. The number of halogens is 4. The van der Waals surface area contributed by atoms with Crippen LogP contribution >= 0.6 is 22.9 Å². The molecule has 0 radical (unpaired) electrons. The lowest BCUT2D eigenvalue weighted by molar-refractivity contribution is -0.138. The summed E-state index contributed by atoms with van der Waals surface area (Å²) >= 11 is 7.05. The molecule has 3 rings (SSSR count). The molecule has 0 spiro atoms. The lowest BCUT2D eigenvalue weighted by Gasteiger charge is -2.23. The number of phenols is 1. The summed E-state index contributed by atoms with van der Waals surface area (Å²) in [6.07, 6.45) is -4.61. The van der Waals surface area contributed by atoms with Gasteiger partial charge in [0.25, 0.3) is 0 Å². The minimum Gasteiger partial charge on any atom is -0.506 e. The number of amides is 1. The quantitative estimate of drug-likeness (QED) is 0.516. The van der Waals surface area contributed by atoms with Crippen molar-refractivity contribution in [3.8, 4) is 5.75 Å². The zero-order valence-electron chi connectivity index (χ0n) is 15.7. The fourth-order valence-corrected chi connectivity index (χ4v) is 4.57. The third-order valence-electron chi connectivity index (χ3n) is 4.42. The first-order chi connectivity index (χ1) is 14.1. The Balaban J connectivity index is 2.22. The molecule has 1 aromatic heterocycles. The van der Waals surface area contributed by atoms with Crippen molar-refractivity contribution in [1.29, 1.82) is 0 Å². The number of benzene rings is 2. The molecular weight excluding hydrogens is 443 g/mol. The van der Waals surface area contributed by atoms with Crippen molar-refractivity contribution >= 4 is 49.9 Å². The van der Waals surface area contributed by atoms with Gasteiger partial charge in [0, 0.05) is 12.3 Å². The Morgan fingerprint density at radius 3 is 2.47 bits per heavy atom. The Hall–Kier alpha value is -2.78. The molecule has 30 heavy (non-hydrogen) atoms. The van der Waals surface area contributed by atoms with Gasteiger partial charge in [-0.15, -0.1) is 11.3 Å². The van der Waals surface area contributed by atoms with Crippen LogP contribution in [0.3, 0.4) is 0 Å². The van der Waals surface area contributed by atoms with Gasteiger partial charge in [0.1, 0.15) is 21.3 Å². The summed E-state index contributed by atoms with van der Waals surface area (Å²) in [6, 6.07) is 7.60. The number of hydrogen-bond donors (Lipinski definition) is 1. The maximum absolute atomic E-state index is 13.4. The Morgan fingerprint density at radius 2 is 1.87 bits per heavy atom. The Morgan fingerprint density at radius 1 is 1.20 bits per heavy atom. The van der Waals surface area contributed by atoms with Crippen molar-refractivity contribution in [2.75, 3.05) is 12.0 Å². The van der Waals surface area contributed by atoms with Gasteiger partial charge in [-0.05, 0) is 23.8 Å². The minimum atomic E-state index is -4.61. The molecule has 1 N–H and O–H groups in total. The predicted molar refractivity (Wildman–Crippen MR) is 108 cm³/mol. The molecular formula is C20H15ClF3NO4S. The number of nitrogens with zero attached hydrogens (tertiary/aromatic N) is 1. The van der Waals surface area contributed by atoms with Crippen LogP contribution in [0.4, 0.5) is 18.2 Å². The average Bonchev–Trinajstić information content (AvgIpc) is 3.07. The van der Waals surface area contributed by atoms with Crippen molar-refractivity contribution in [1.82, 2.24) is 0 Å². The van der Waals surface area contributed by atoms with Crippen molar-refractivity contribution < 1.29 is 32.6 Å². The molecule has 1 amide bonds. The summed E-state index contributed by atoms with van der Waals surface area (Å²) in [5, 5.41) is 10.2. The van der Waals surface area contributed by atoms with Gasteiger partial charge in [0.05, 0.1) is 23.9 Å². The first-order valence-electron chi connectivity index (χ1n) is 8.51. The van der Waals surface area contributed by atoms with E-state index in [4.69, 9.17) is 16.3 Å². The number of esters is 1. The number of anilines is 1. The Bertz CT molecular complexity index is 1140. The number of hydrogen-bond acceptors (Lipinski definition) is 5. The number of methoxy groups -OCH3 is 1. The van der Waals surface area contributed by atoms with Gasteiger partial charge in [0.2, 0.25) is 5.91 Å². The molecule has 0 fully saturated rings. The van der Waals surface area contributed by atoms with Crippen LogP contribution in [0.25, 0.3) is 10.1 Å². The molecule has 0 bridgehead atoms. The third-order valence-corrected chi connectivity index (χ3v) is 6.17. The number of thiophene rings is 1. The molecule has 0 atom stereocenters. The van der Waals surface area contributed by atoms with Gasteiger partial charge in [-0.2, -0.15) is 13.2 Å². The smallest absolute Gasteiger partial charge is 0.416 e. The maximum Gasteiger partial charge on any atom is 0.416 e. The van der Waals surface area contributed by atoms with Crippen molar-refractivity contribution in [3.63, 3.8) is 0 Å². The molecule has 0 aliphatic carbocycles. The van der Waals surface area contributed by atoms with Crippen molar-refractivity contribution in [2.24, 2.45) is 0 Å². The molecule has 1 heterocycles. The van der Waals surface area contributed by atoms with E-state index in [2.05, 4.69) is 0 Å². The fourth-order valence-electron chi connectivity index (χ4n) is 3.03. The number of carbonyl (C=O) groups is 2. The molecule has 0 saturated carbocycles. The van der Waals surface area contributed by atoms with Crippen LogP contribution in [0.5, 0.6) is 5.75 Å². The standard InChI is InChI=1S/C20H15ClF3NO4S/c1-10(26)25(9-11-5-3-4-6-13(11)20(22,23)24)18-15(19(28)29-2)12-7-8-14(27)16(21)17(12)30-18/h3-8,27H,9H2,1-2H3. The van der Waals surface area contributed by atoms with Crippen molar-refractivity contribution in [2.45, 2.75) is 19.6 Å². The van der Waals surface area contributed by atoms with Crippen LogP contribution in [0, 0.1) is 0 Å². The molecule has 2 aromatic carbocycles. The summed E-state index contributed by atoms with van der Waals surface area (Å²) in [4.78, 5) is 26.0. The molecule has 3 aromatic rings. The lowest BCUT2D eigenvalue weighted by Crippen LogP contribution is -2.29. The van der Waals surface area contributed by atoms with E-state index >= 15 is 0 Å². The summed E-state index contributed by atoms with van der Waals surface area (Å²) < 4.78 is 45.4. The Kier molecular flexibility index (Phi) is 5.96. The highest BCUT2D eigenvalue weighted by Gasteiger charge is 2.34. The molecule has 0 aliphatic rings.